The maximum Gasteiger partial charge on any atom is 0.416 e. The number of carbonyl (C=O) groups excluding carboxylic acids is 2. The third-order valence-electron chi connectivity index (χ3n) is 6.30. The van der Waals surface area contributed by atoms with Gasteiger partial charge in [0.05, 0.1) is 24.8 Å². The van der Waals surface area contributed by atoms with Gasteiger partial charge >= 0.3 is 12.3 Å². The van der Waals surface area contributed by atoms with E-state index in [1.807, 2.05) is 13.0 Å². The summed E-state index contributed by atoms with van der Waals surface area (Å²) in [5.41, 5.74) is 2.02. The fraction of sp³-hybridized carbons (Fsp3) is 0.367. The molecule has 2 N–H and O–H groups in total. The molecule has 0 aliphatic carbocycles. The molecule has 0 saturated carbocycles. The van der Waals surface area contributed by atoms with Crippen molar-refractivity contribution in [2.75, 3.05) is 13.2 Å². The molecule has 0 saturated heterocycles. The van der Waals surface area contributed by atoms with Crippen molar-refractivity contribution in [2.45, 2.75) is 58.5 Å². The van der Waals surface area contributed by atoms with Crippen LogP contribution >= 0.6 is 11.3 Å². The molecule has 218 valence electrons. The summed E-state index contributed by atoms with van der Waals surface area (Å²) in [5.74, 6) is -0.315. The Balaban J connectivity index is 1.49. The number of ether oxygens (including phenoxy) is 2. The highest BCUT2D eigenvalue weighted by atomic mass is 32.1. The van der Waals surface area contributed by atoms with Crippen molar-refractivity contribution in [3.05, 3.63) is 81.3 Å². The van der Waals surface area contributed by atoms with E-state index in [9.17, 15) is 22.8 Å². The summed E-state index contributed by atoms with van der Waals surface area (Å²) in [5, 5.41) is 8.06. The smallest absolute Gasteiger partial charge is 0.416 e. The van der Waals surface area contributed by atoms with Gasteiger partial charge in [-0.3, -0.25) is 4.79 Å². The van der Waals surface area contributed by atoms with Gasteiger partial charge in [-0.1, -0.05) is 36.4 Å². The minimum absolute atomic E-state index is 0.0177. The number of hydrogen-bond donors (Lipinski definition) is 2. The van der Waals surface area contributed by atoms with Gasteiger partial charge in [0.25, 0.3) is 5.91 Å². The van der Waals surface area contributed by atoms with Gasteiger partial charge in [0.1, 0.15) is 16.3 Å². The van der Waals surface area contributed by atoms with Crippen LogP contribution in [0.25, 0.3) is 16.7 Å². The number of benzene rings is 2. The van der Waals surface area contributed by atoms with E-state index in [2.05, 4.69) is 15.6 Å². The molecule has 1 aliphatic rings. The van der Waals surface area contributed by atoms with Crippen molar-refractivity contribution >= 4 is 28.9 Å². The topological polar surface area (TPSA) is 89.5 Å². The van der Waals surface area contributed by atoms with Crippen LogP contribution in [0.5, 0.6) is 0 Å². The van der Waals surface area contributed by atoms with Crippen LogP contribution in [-0.2, 0) is 22.2 Å². The molecule has 2 amide bonds. The number of rotatable bonds is 7. The van der Waals surface area contributed by atoms with Crippen LogP contribution in [0.1, 0.15) is 72.3 Å². The number of thiazole rings is 1. The Hall–Kier alpha value is -3.70. The van der Waals surface area contributed by atoms with Crippen LogP contribution < -0.4 is 10.6 Å². The van der Waals surface area contributed by atoms with Gasteiger partial charge in [0.15, 0.2) is 0 Å². The van der Waals surface area contributed by atoms with Gasteiger partial charge in [0.2, 0.25) is 0 Å². The quantitative estimate of drug-likeness (QED) is 0.307. The summed E-state index contributed by atoms with van der Waals surface area (Å²) < 4.78 is 51.1. The lowest BCUT2D eigenvalue weighted by molar-refractivity contribution is -0.137. The van der Waals surface area contributed by atoms with E-state index in [0.29, 0.717) is 35.6 Å². The monoisotopic (exact) mass is 587 g/mol. The second-order valence-corrected chi connectivity index (χ2v) is 11.5. The van der Waals surface area contributed by atoms with E-state index in [1.54, 1.807) is 50.4 Å². The molecule has 0 radical (unpaired) electrons. The summed E-state index contributed by atoms with van der Waals surface area (Å²) in [4.78, 5) is 29.5. The van der Waals surface area contributed by atoms with Crippen molar-refractivity contribution in [3.63, 3.8) is 0 Å². The molecule has 1 aliphatic heterocycles. The Morgan fingerprint density at radius 1 is 1.12 bits per heavy atom. The number of carbonyl (C=O) groups is 2. The van der Waals surface area contributed by atoms with Crippen LogP contribution in [0, 0.1) is 0 Å². The first-order valence-corrected chi connectivity index (χ1v) is 14.0. The standard InChI is InChI=1S/C30H32F3N3O4S/c1-18(35-26(37)25-17-41-27(36-25)21-11-13-39-14-12-21)19-5-7-20(8-6-19)24-15-23(30(31,32)33)10-9-22(24)16-34-28(38)40-29(2,3)4/h5-11,15,17-18H,12-14,16H2,1-4H3,(H,34,38)(H,35,37)/t18-/m1/s1. The first-order chi connectivity index (χ1) is 19.3. The summed E-state index contributed by atoms with van der Waals surface area (Å²) in [7, 11) is 0. The minimum atomic E-state index is -4.53. The zero-order chi connectivity index (χ0) is 29.8. The highest BCUT2D eigenvalue weighted by Crippen LogP contribution is 2.35. The SMILES string of the molecule is C[C@@H](NC(=O)c1csc(C2=CCOCC2)n1)c1ccc(-c2cc(C(F)(F)F)ccc2CNC(=O)OC(C)(C)C)cc1. The fourth-order valence-electron chi connectivity index (χ4n) is 4.21. The molecule has 0 bridgehead atoms. The minimum Gasteiger partial charge on any atom is -0.444 e. The second-order valence-electron chi connectivity index (χ2n) is 10.6. The Labute approximate surface area is 240 Å². The predicted molar refractivity (Wildman–Crippen MR) is 151 cm³/mol. The molecule has 41 heavy (non-hydrogen) atoms. The zero-order valence-corrected chi connectivity index (χ0v) is 24.0. The Kier molecular flexibility index (Phi) is 9.18. The summed E-state index contributed by atoms with van der Waals surface area (Å²) in [6.07, 6.45) is -2.47. The van der Waals surface area contributed by atoms with E-state index in [0.717, 1.165) is 34.7 Å². The largest absolute Gasteiger partial charge is 0.444 e. The molecule has 7 nitrogen and oxygen atoms in total. The summed E-state index contributed by atoms with van der Waals surface area (Å²) in [6.45, 7) is 8.13. The molecule has 2 heterocycles. The number of alkyl carbamates (subject to hydrolysis) is 1. The van der Waals surface area contributed by atoms with Crippen LogP contribution in [0.15, 0.2) is 53.9 Å². The zero-order valence-electron chi connectivity index (χ0n) is 23.2. The van der Waals surface area contributed by atoms with E-state index < -0.39 is 23.4 Å². The Morgan fingerprint density at radius 2 is 1.85 bits per heavy atom. The van der Waals surface area contributed by atoms with Gasteiger partial charge < -0.3 is 20.1 Å². The molecule has 0 unspecified atom stereocenters. The van der Waals surface area contributed by atoms with Crippen LogP contribution in [0.2, 0.25) is 0 Å². The Bertz CT molecular complexity index is 1430. The maximum absolute atomic E-state index is 13.5. The molecule has 0 fully saturated rings. The summed E-state index contributed by atoms with van der Waals surface area (Å²) >= 11 is 1.41. The number of aromatic nitrogens is 1. The van der Waals surface area contributed by atoms with Gasteiger partial charge in [0, 0.05) is 11.9 Å². The number of hydrogen-bond acceptors (Lipinski definition) is 6. The van der Waals surface area contributed by atoms with Crippen LogP contribution in [0.4, 0.5) is 18.0 Å². The van der Waals surface area contributed by atoms with Crippen molar-refractivity contribution in [3.8, 4) is 11.1 Å². The lowest BCUT2D eigenvalue weighted by atomic mass is 9.95. The van der Waals surface area contributed by atoms with Crippen LogP contribution in [-0.4, -0.2) is 35.8 Å². The molecule has 2 aromatic carbocycles. The predicted octanol–water partition coefficient (Wildman–Crippen LogP) is 7.15. The highest BCUT2D eigenvalue weighted by molar-refractivity contribution is 7.11. The second kappa shape index (κ2) is 12.4. The molecule has 11 heteroatoms. The molecule has 1 atom stereocenters. The van der Waals surface area contributed by atoms with Gasteiger partial charge in [-0.05, 0) is 74.1 Å². The van der Waals surface area contributed by atoms with Crippen molar-refractivity contribution in [1.29, 1.82) is 0 Å². The fourth-order valence-corrected chi connectivity index (χ4v) is 5.08. The third kappa shape index (κ3) is 8.17. The van der Waals surface area contributed by atoms with Crippen molar-refractivity contribution in [2.24, 2.45) is 0 Å². The van der Waals surface area contributed by atoms with Crippen molar-refractivity contribution in [1.82, 2.24) is 15.6 Å². The van der Waals surface area contributed by atoms with E-state index in [1.165, 1.54) is 17.4 Å². The normalized spacial score (nSPS) is 14.7. The number of halogens is 3. The summed E-state index contributed by atoms with van der Waals surface area (Å²) in [6, 6.07) is 9.94. The number of alkyl halides is 3. The first kappa shape index (κ1) is 30.3. The van der Waals surface area contributed by atoms with Gasteiger partial charge in [-0.15, -0.1) is 11.3 Å². The molecule has 4 rings (SSSR count). The average molecular weight is 588 g/mol. The van der Waals surface area contributed by atoms with Gasteiger partial charge in [-0.25, -0.2) is 9.78 Å². The number of amides is 2. The van der Waals surface area contributed by atoms with Crippen molar-refractivity contribution < 1.29 is 32.2 Å². The van der Waals surface area contributed by atoms with Crippen LogP contribution in [0.3, 0.4) is 0 Å². The highest BCUT2D eigenvalue weighted by Gasteiger charge is 2.31. The lowest BCUT2D eigenvalue weighted by Gasteiger charge is -2.20. The number of nitrogens with one attached hydrogen (secondary N) is 2. The Morgan fingerprint density at radius 3 is 2.49 bits per heavy atom. The van der Waals surface area contributed by atoms with E-state index >= 15 is 0 Å². The third-order valence-corrected chi connectivity index (χ3v) is 7.22. The molecule has 0 spiro atoms. The average Bonchev–Trinajstić information content (AvgIpc) is 3.42. The molecule has 1 aromatic heterocycles. The molecular formula is C30H32F3N3O4S. The lowest BCUT2D eigenvalue weighted by Crippen LogP contribution is -2.32. The number of nitrogens with zero attached hydrogens (tertiary/aromatic N) is 1. The van der Waals surface area contributed by atoms with E-state index in [-0.39, 0.29) is 18.5 Å². The van der Waals surface area contributed by atoms with E-state index in [4.69, 9.17) is 9.47 Å². The first-order valence-electron chi connectivity index (χ1n) is 13.1. The van der Waals surface area contributed by atoms with Gasteiger partial charge in [-0.2, -0.15) is 13.2 Å². The molecular weight excluding hydrogens is 555 g/mol. The maximum atomic E-state index is 13.5. The molecule has 3 aromatic rings.